The first-order chi connectivity index (χ1) is 19.2. The number of hydrogen-bond donors (Lipinski definition) is 3. The monoisotopic (exact) mass is 548 g/mol. The Kier molecular flexibility index (Phi) is 6.08. The minimum absolute atomic E-state index is 0.598. The van der Waals surface area contributed by atoms with Gasteiger partial charge in [-0.25, -0.2) is 15.0 Å². The average Bonchev–Trinajstić information content (AvgIpc) is 3.71. The van der Waals surface area contributed by atoms with Crippen molar-refractivity contribution < 1.29 is 0 Å². The lowest BCUT2D eigenvalue weighted by molar-refractivity contribution is 0.691. The van der Waals surface area contributed by atoms with Gasteiger partial charge in [0, 0.05) is 47.7 Å². The Morgan fingerprint density at radius 2 is 1.79 bits per heavy atom. The van der Waals surface area contributed by atoms with Crippen LogP contribution in [0.25, 0.3) is 55.4 Å². The highest BCUT2D eigenvalue weighted by molar-refractivity contribution is 7.19. The van der Waals surface area contributed by atoms with Crippen LogP contribution in [0.5, 0.6) is 0 Å². The predicted octanol–water partition coefficient (Wildman–Crippen LogP) is 6.63. The first-order valence-corrected chi connectivity index (χ1v) is 13.6. The van der Waals surface area contributed by atoms with Crippen molar-refractivity contribution in [3.63, 3.8) is 0 Å². The van der Waals surface area contributed by atoms with E-state index in [2.05, 4.69) is 48.7 Å². The van der Waals surface area contributed by atoms with Crippen molar-refractivity contribution in [1.82, 2.24) is 40.4 Å². The SMILES string of the molecule is Clc1ccc(-c2ccnc3nc(-c4n[nH]c5ccc(-c6cncc(CNCc7ccccc7)c6)nc45)[nH]c23)s1. The van der Waals surface area contributed by atoms with Gasteiger partial charge >= 0.3 is 0 Å². The lowest BCUT2D eigenvalue weighted by Crippen LogP contribution is -2.12. The zero-order valence-corrected chi connectivity index (χ0v) is 22.1. The molecule has 0 atom stereocenters. The van der Waals surface area contributed by atoms with E-state index in [9.17, 15) is 0 Å². The number of H-pyrrole nitrogens is 2. The van der Waals surface area contributed by atoms with Gasteiger partial charge in [-0.15, -0.1) is 11.3 Å². The molecule has 3 N–H and O–H groups in total. The molecule has 190 valence electrons. The van der Waals surface area contributed by atoms with Gasteiger partial charge in [0.25, 0.3) is 0 Å². The molecule has 0 fully saturated rings. The van der Waals surface area contributed by atoms with Crippen molar-refractivity contribution in [2.45, 2.75) is 13.1 Å². The van der Waals surface area contributed by atoms with E-state index < -0.39 is 0 Å². The highest BCUT2D eigenvalue weighted by Crippen LogP contribution is 2.35. The summed E-state index contributed by atoms with van der Waals surface area (Å²) in [6, 6.07) is 22.3. The number of thiophene rings is 1. The van der Waals surface area contributed by atoms with E-state index in [4.69, 9.17) is 21.6 Å². The van der Waals surface area contributed by atoms with Crippen LogP contribution in [0.15, 0.2) is 85.3 Å². The maximum absolute atomic E-state index is 6.19. The molecule has 0 bridgehead atoms. The van der Waals surface area contributed by atoms with Crippen LogP contribution < -0.4 is 5.32 Å². The van der Waals surface area contributed by atoms with Gasteiger partial charge in [-0.3, -0.25) is 10.1 Å². The van der Waals surface area contributed by atoms with Crippen molar-refractivity contribution in [2.24, 2.45) is 0 Å². The Hall–Kier alpha value is -4.44. The van der Waals surface area contributed by atoms with Crippen LogP contribution in [0.1, 0.15) is 11.1 Å². The molecule has 0 aliphatic heterocycles. The Balaban J connectivity index is 1.20. The zero-order valence-electron chi connectivity index (χ0n) is 20.5. The summed E-state index contributed by atoms with van der Waals surface area (Å²) >= 11 is 7.70. The molecule has 0 spiro atoms. The summed E-state index contributed by atoms with van der Waals surface area (Å²) in [7, 11) is 0. The molecule has 6 aromatic heterocycles. The van der Waals surface area contributed by atoms with E-state index >= 15 is 0 Å². The molecule has 0 unspecified atom stereocenters. The molecule has 0 saturated carbocycles. The lowest BCUT2D eigenvalue weighted by Gasteiger charge is -2.07. The van der Waals surface area contributed by atoms with Crippen molar-refractivity contribution >= 4 is 45.1 Å². The first-order valence-electron chi connectivity index (χ1n) is 12.4. The van der Waals surface area contributed by atoms with Crippen molar-refractivity contribution in [3.05, 3.63) is 101 Å². The fourth-order valence-corrected chi connectivity index (χ4v) is 5.66. The highest BCUT2D eigenvalue weighted by atomic mass is 35.5. The number of nitrogens with one attached hydrogen (secondary N) is 3. The third kappa shape index (κ3) is 4.67. The molecule has 6 heterocycles. The number of halogens is 1. The van der Waals surface area contributed by atoms with Gasteiger partial charge in [0.1, 0.15) is 5.52 Å². The molecular formula is C29H21ClN8S. The van der Waals surface area contributed by atoms with Gasteiger partial charge in [-0.2, -0.15) is 5.10 Å². The van der Waals surface area contributed by atoms with Gasteiger partial charge in [0.15, 0.2) is 17.2 Å². The van der Waals surface area contributed by atoms with Crippen LogP contribution in [0.4, 0.5) is 0 Å². The normalized spacial score (nSPS) is 11.5. The number of imidazole rings is 1. The van der Waals surface area contributed by atoms with Gasteiger partial charge in [-0.1, -0.05) is 41.9 Å². The Labute approximate surface area is 232 Å². The van der Waals surface area contributed by atoms with E-state index in [1.807, 2.05) is 60.9 Å². The second-order valence-corrected chi connectivity index (χ2v) is 10.8. The van der Waals surface area contributed by atoms with Crippen molar-refractivity contribution in [1.29, 1.82) is 0 Å². The fraction of sp³-hybridized carbons (Fsp3) is 0.0690. The van der Waals surface area contributed by atoms with Gasteiger partial charge in [-0.05, 0) is 47.5 Å². The summed E-state index contributed by atoms with van der Waals surface area (Å²) in [6.45, 7) is 1.50. The van der Waals surface area contributed by atoms with Crippen LogP contribution in [0.2, 0.25) is 4.34 Å². The standard InChI is InChI=1S/C29H21ClN8S/c30-24-9-8-23(39-24)20-10-11-33-28-25(20)35-29(36-28)27-26-22(37-38-27)7-6-21(34-26)19-12-18(15-32-16-19)14-31-13-17-4-2-1-3-5-17/h1-12,15-16,31H,13-14H2,(H,37,38)(H,33,35,36). The third-order valence-electron chi connectivity index (χ3n) is 6.45. The van der Waals surface area contributed by atoms with Crippen molar-refractivity contribution in [2.75, 3.05) is 0 Å². The van der Waals surface area contributed by atoms with Crippen LogP contribution in [0.3, 0.4) is 0 Å². The third-order valence-corrected chi connectivity index (χ3v) is 7.72. The van der Waals surface area contributed by atoms with E-state index in [1.165, 1.54) is 16.9 Å². The minimum Gasteiger partial charge on any atom is -0.335 e. The highest BCUT2D eigenvalue weighted by Gasteiger charge is 2.18. The van der Waals surface area contributed by atoms with E-state index in [-0.39, 0.29) is 0 Å². The van der Waals surface area contributed by atoms with Gasteiger partial charge in [0.05, 0.1) is 21.1 Å². The van der Waals surface area contributed by atoms with Crippen LogP contribution in [-0.4, -0.2) is 35.1 Å². The maximum atomic E-state index is 6.19. The van der Waals surface area contributed by atoms with Crippen LogP contribution in [0, 0.1) is 0 Å². The average molecular weight is 549 g/mol. The number of hydrogen-bond acceptors (Lipinski definition) is 7. The van der Waals surface area contributed by atoms with E-state index in [0.29, 0.717) is 23.7 Å². The molecule has 10 heteroatoms. The van der Waals surface area contributed by atoms with E-state index in [1.54, 1.807) is 6.20 Å². The summed E-state index contributed by atoms with van der Waals surface area (Å²) in [5.41, 5.74) is 8.69. The fourth-order valence-electron chi connectivity index (χ4n) is 4.58. The van der Waals surface area contributed by atoms with Gasteiger partial charge < -0.3 is 10.3 Å². The summed E-state index contributed by atoms with van der Waals surface area (Å²) in [4.78, 5) is 23.1. The Morgan fingerprint density at radius 3 is 2.67 bits per heavy atom. The number of aromatic nitrogens is 7. The van der Waals surface area contributed by atoms with Gasteiger partial charge in [0.2, 0.25) is 0 Å². The quantitative estimate of drug-likeness (QED) is 0.206. The smallest absolute Gasteiger partial charge is 0.178 e. The molecule has 1 aromatic carbocycles. The zero-order chi connectivity index (χ0) is 26.2. The molecule has 7 rings (SSSR count). The number of pyridine rings is 3. The summed E-state index contributed by atoms with van der Waals surface area (Å²) < 4.78 is 0.732. The lowest BCUT2D eigenvalue weighted by atomic mass is 10.1. The number of nitrogens with zero attached hydrogens (tertiary/aromatic N) is 5. The van der Waals surface area contributed by atoms with E-state index in [0.717, 1.165) is 54.7 Å². The Morgan fingerprint density at radius 1 is 0.897 bits per heavy atom. The summed E-state index contributed by atoms with van der Waals surface area (Å²) in [5, 5.41) is 11.1. The number of aromatic amines is 2. The summed E-state index contributed by atoms with van der Waals surface area (Å²) in [5.74, 6) is 0.598. The molecule has 0 radical (unpaired) electrons. The molecule has 0 aliphatic carbocycles. The molecule has 0 amide bonds. The minimum atomic E-state index is 0.598. The molecule has 0 saturated heterocycles. The number of benzene rings is 1. The van der Waals surface area contributed by atoms with Crippen LogP contribution in [-0.2, 0) is 13.1 Å². The summed E-state index contributed by atoms with van der Waals surface area (Å²) in [6.07, 6.45) is 5.46. The predicted molar refractivity (Wildman–Crippen MR) is 155 cm³/mol. The number of rotatable bonds is 7. The molecular weight excluding hydrogens is 528 g/mol. The van der Waals surface area contributed by atoms with Crippen molar-refractivity contribution in [3.8, 4) is 33.2 Å². The first kappa shape index (κ1) is 23.7. The second kappa shape index (κ2) is 10.0. The molecule has 8 nitrogen and oxygen atoms in total. The molecule has 0 aliphatic rings. The van der Waals surface area contributed by atoms with Crippen LogP contribution >= 0.6 is 22.9 Å². The largest absolute Gasteiger partial charge is 0.335 e. The Bertz CT molecular complexity index is 1920. The molecule has 39 heavy (non-hydrogen) atoms. The topological polar surface area (TPSA) is 108 Å². The maximum Gasteiger partial charge on any atom is 0.178 e. The number of fused-ring (bicyclic) bond motifs is 2. The second-order valence-electron chi connectivity index (χ2n) is 9.08. The molecule has 7 aromatic rings.